The molecule has 0 aliphatic heterocycles. The Bertz CT molecular complexity index is 900. The van der Waals surface area contributed by atoms with E-state index in [1.54, 1.807) is 19.5 Å². The van der Waals surface area contributed by atoms with Gasteiger partial charge in [-0.1, -0.05) is 26.7 Å². The average molecular weight is 412 g/mol. The molecule has 0 aliphatic carbocycles. The summed E-state index contributed by atoms with van der Waals surface area (Å²) in [5.74, 6) is 1.48. The number of aromatic nitrogens is 2. The highest BCUT2D eigenvalue weighted by atomic mass is 16.5. The van der Waals surface area contributed by atoms with Gasteiger partial charge in [0.15, 0.2) is 5.96 Å². The van der Waals surface area contributed by atoms with Crippen LogP contribution in [0.15, 0.2) is 84.0 Å². The number of nitrogens with one attached hydrogen (secondary N) is 1. The number of methoxy groups -OCH3 is 1. The zero-order valence-electron chi connectivity index (χ0n) is 18.7. The number of imidazole rings is 1. The molecule has 0 bridgehead atoms. The van der Waals surface area contributed by atoms with E-state index < -0.39 is 0 Å². The van der Waals surface area contributed by atoms with Crippen molar-refractivity contribution in [1.82, 2.24) is 14.9 Å². The third kappa shape index (κ3) is 7.87. The standard InChI is InChI=1S/C23H33N5O2/c1-9-21(13-16(3)19(6)30-10-2)27-23(24)26-17(4)11-12-22(20(7)29-8)28-14-18(5)25-15-28/h11-15H,3-4,6,9-10H2,1-2,5,7-8H3,(H3,24,26,27)/b12-11-,21-13-,22-20-. The number of aliphatic imine (C=N–C) groups is 1. The van der Waals surface area contributed by atoms with Gasteiger partial charge in [-0.05, 0) is 45.4 Å². The van der Waals surface area contributed by atoms with Crippen molar-refractivity contribution in [2.24, 2.45) is 10.7 Å². The largest absolute Gasteiger partial charge is 0.499 e. The van der Waals surface area contributed by atoms with Crippen LogP contribution in [0.25, 0.3) is 5.70 Å². The van der Waals surface area contributed by atoms with E-state index in [2.05, 4.69) is 35.0 Å². The maximum absolute atomic E-state index is 6.04. The lowest BCUT2D eigenvalue weighted by atomic mass is 10.2. The maximum Gasteiger partial charge on any atom is 0.198 e. The highest BCUT2D eigenvalue weighted by Crippen LogP contribution is 2.15. The van der Waals surface area contributed by atoms with E-state index in [0.717, 1.165) is 22.8 Å². The SMILES string of the molecule is C=C(/C=C\C(=C(/C)OC)n1cnc(C)c1)N=C(N)N/C(=C\C(=C)C(=C)OCC)CC. The summed E-state index contributed by atoms with van der Waals surface area (Å²) in [4.78, 5) is 8.55. The first-order valence-electron chi connectivity index (χ1n) is 9.67. The molecule has 0 unspecified atom stereocenters. The van der Waals surface area contributed by atoms with E-state index in [1.807, 2.05) is 50.6 Å². The lowest BCUT2D eigenvalue weighted by molar-refractivity contribution is 0.241. The van der Waals surface area contributed by atoms with E-state index >= 15 is 0 Å². The fourth-order valence-electron chi connectivity index (χ4n) is 2.39. The summed E-state index contributed by atoms with van der Waals surface area (Å²) in [5.41, 5.74) is 9.75. The van der Waals surface area contributed by atoms with Gasteiger partial charge in [0, 0.05) is 17.5 Å². The highest BCUT2D eigenvalue weighted by Gasteiger charge is 2.05. The molecule has 7 heteroatoms. The molecule has 0 fully saturated rings. The van der Waals surface area contributed by atoms with Gasteiger partial charge in [0.25, 0.3) is 0 Å². The van der Waals surface area contributed by atoms with E-state index in [1.165, 1.54) is 0 Å². The second kappa shape index (κ2) is 12.2. The molecule has 7 nitrogen and oxygen atoms in total. The lowest BCUT2D eigenvalue weighted by Crippen LogP contribution is -2.30. The van der Waals surface area contributed by atoms with Gasteiger partial charge in [-0.25, -0.2) is 9.98 Å². The molecule has 0 aliphatic rings. The Labute approximate surface area is 179 Å². The van der Waals surface area contributed by atoms with E-state index in [4.69, 9.17) is 15.2 Å². The number of hydrogen-bond acceptors (Lipinski definition) is 4. The number of allylic oxidation sites excluding steroid dienone is 6. The van der Waals surface area contributed by atoms with Gasteiger partial charge < -0.3 is 25.1 Å². The van der Waals surface area contributed by atoms with Crippen LogP contribution in [0.3, 0.4) is 0 Å². The van der Waals surface area contributed by atoms with E-state index in [-0.39, 0.29) is 5.96 Å². The Morgan fingerprint density at radius 3 is 2.53 bits per heavy atom. The summed E-state index contributed by atoms with van der Waals surface area (Å²) in [7, 11) is 1.62. The van der Waals surface area contributed by atoms with Crippen LogP contribution < -0.4 is 11.1 Å². The van der Waals surface area contributed by atoms with Gasteiger partial charge in [-0.2, -0.15) is 0 Å². The first kappa shape index (κ1) is 24.6. The van der Waals surface area contributed by atoms with Crippen molar-refractivity contribution in [1.29, 1.82) is 0 Å². The molecule has 0 amide bonds. The topological polar surface area (TPSA) is 86.7 Å². The zero-order chi connectivity index (χ0) is 22.7. The third-order valence-electron chi connectivity index (χ3n) is 4.05. The Morgan fingerprint density at radius 1 is 1.30 bits per heavy atom. The minimum absolute atomic E-state index is 0.222. The predicted octanol–water partition coefficient (Wildman–Crippen LogP) is 4.40. The average Bonchev–Trinajstić information content (AvgIpc) is 3.13. The Hall–Kier alpha value is -3.48. The van der Waals surface area contributed by atoms with Gasteiger partial charge in [0.2, 0.25) is 0 Å². The van der Waals surface area contributed by atoms with Gasteiger partial charge in [0.05, 0.1) is 37.1 Å². The van der Waals surface area contributed by atoms with Gasteiger partial charge in [-0.3, -0.25) is 0 Å². The van der Waals surface area contributed by atoms with Crippen LogP contribution in [0, 0.1) is 6.92 Å². The van der Waals surface area contributed by atoms with Crippen molar-refractivity contribution in [2.75, 3.05) is 13.7 Å². The molecule has 30 heavy (non-hydrogen) atoms. The normalized spacial score (nSPS) is 13.1. The number of hydrogen-bond donors (Lipinski definition) is 2. The van der Waals surface area contributed by atoms with Crippen molar-refractivity contribution in [3.63, 3.8) is 0 Å². The molecule has 1 rings (SSSR count). The second-order valence-corrected chi connectivity index (χ2v) is 6.42. The van der Waals surface area contributed by atoms with E-state index in [9.17, 15) is 0 Å². The minimum Gasteiger partial charge on any atom is -0.499 e. The molecule has 3 N–H and O–H groups in total. The molecule has 0 spiro atoms. The number of ether oxygens (including phenoxy) is 2. The molecule has 0 radical (unpaired) electrons. The third-order valence-corrected chi connectivity index (χ3v) is 4.05. The molecule has 0 saturated heterocycles. The van der Waals surface area contributed by atoms with E-state index in [0.29, 0.717) is 30.1 Å². The highest BCUT2D eigenvalue weighted by molar-refractivity contribution is 5.81. The zero-order valence-corrected chi connectivity index (χ0v) is 18.7. The molecule has 162 valence electrons. The quantitative estimate of drug-likeness (QED) is 0.244. The first-order chi connectivity index (χ1) is 14.2. The van der Waals surface area contributed by atoms with Crippen molar-refractivity contribution >= 4 is 11.7 Å². The molecule has 0 atom stereocenters. The summed E-state index contributed by atoms with van der Waals surface area (Å²) in [6.07, 6.45) is 9.78. The Morgan fingerprint density at radius 2 is 2.00 bits per heavy atom. The number of aryl methyl sites for hydroxylation is 1. The van der Waals surface area contributed by atoms with Gasteiger partial charge >= 0.3 is 0 Å². The van der Waals surface area contributed by atoms with Crippen molar-refractivity contribution < 1.29 is 9.47 Å². The molecule has 0 aromatic carbocycles. The summed E-state index contributed by atoms with van der Waals surface area (Å²) in [6.45, 7) is 20.0. The maximum atomic E-state index is 6.04. The second-order valence-electron chi connectivity index (χ2n) is 6.42. The first-order valence-corrected chi connectivity index (χ1v) is 9.67. The van der Waals surface area contributed by atoms with Crippen LogP contribution in [-0.4, -0.2) is 29.2 Å². The van der Waals surface area contributed by atoms with Crippen LogP contribution in [0.1, 0.15) is 32.9 Å². The van der Waals surface area contributed by atoms with Crippen molar-refractivity contribution in [2.45, 2.75) is 34.1 Å². The van der Waals surface area contributed by atoms with Gasteiger partial charge in [0.1, 0.15) is 11.5 Å². The van der Waals surface area contributed by atoms with Crippen LogP contribution in [0.5, 0.6) is 0 Å². The summed E-state index contributed by atoms with van der Waals surface area (Å²) >= 11 is 0. The summed E-state index contributed by atoms with van der Waals surface area (Å²) < 4.78 is 12.6. The summed E-state index contributed by atoms with van der Waals surface area (Å²) in [6, 6.07) is 0. The molecule has 1 heterocycles. The van der Waals surface area contributed by atoms with Crippen LogP contribution in [0.4, 0.5) is 0 Å². The fourth-order valence-corrected chi connectivity index (χ4v) is 2.39. The summed E-state index contributed by atoms with van der Waals surface area (Å²) in [5, 5.41) is 3.07. The van der Waals surface area contributed by atoms with Gasteiger partial charge in [-0.15, -0.1) is 0 Å². The molecular weight excluding hydrogens is 378 g/mol. The number of rotatable bonds is 11. The molecule has 0 saturated carbocycles. The van der Waals surface area contributed by atoms with Crippen LogP contribution >= 0.6 is 0 Å². The van der Waals surface area contributed by atoms with Crippen molar-refractivity contribution in [3.8, 4) is 0 Å². The molecule has 1 aromatic rings. The molecule has 1 aromatic heterocycles. The van der Waals surface area contributed by atoms with Crippen LogP contribution in [-0.2, 0) is 9.47 Å². The minimum atomic E-state index is 0.222. The Kier molecular flexibility index (Phi) is 9.96. The lowest BCUT2D eigenvalue weighted by Gasteiger charge is -2.11. The van der Waals surface area contributed by atoms with Crippen molar-refractivity contribution in [3.05, 3.63) is 84.7 Å². The monoisotopic (exact) mass is 411 g/mol. The number of nitrogens with two attached hydrogens (primary N) is 1. The molecular formula is C23H33N5O2. The van der Waals surface area contributed by atoms with Crippen LogP contribution in [0.2, 0.25) is 0 Å². The fraction of sp³-hybridized carbons (Fsp3) is 0.304. The Balaban J connectivity index is 2.92. The number of guanidine groups is 1. The smallest absolute Gasteiger partial charge is 0.198 e. The predicted molar refractivity (Wildman–Crippen MR) is 124 cm³/mol. The number of nitrogens with zero attached hydrogens (tertiary/aromatic N) is 3.